The molecular formula is C10H9F3N2O2. The first-order valence-corrected chi connectivity index (χ1v) is 4.85. The summed E-state index contributed by atoms with van der Waals surface area (Å²) in [7, 11) is 0. The summed E-state index contributed by atoms with van der Waals surface area (Å²) in [5, 5.41) is 10.4. The summed E-state index contributed by atoms with van der Waals surface area (Å²) in [5.74, 6) is -3.81. The van der Waals surface area contributed by atoms with Crippen LogP contribution >= 0.6 is 0 Å². The summed E-state index contributed by atoms with van der Waals surface area (Å²) in [6.07, 6.45) is -1.29. The SMILES string of the molecule is NC1(c2ccc([N+](=O)[O-])cc2F)CC(F)(F)C1. The lowest BCUT2D eigenvalue weighted by atomic mass is 9.69. The van der Waals surface area contributed by atoms with E-state index < -0.39 is 40.7 Å². The third-order valence-electron chi connectivity index (χ3n) is 2.85. The molecule has 7 heteroatoms. The molecule has 1 aliphatic carbocycles. The number of alkyl halides is 2. The molecule has 1 aromatic rings. The molecule has 2 rings (SSSR count). The Balaban J connectivity index is 2.32. The van der Waals surface area contributed by atoms with Crippen LogP contribution in [0.5, 0.6) is 0 Å². The highest BCUT2D eigenvalue weighted by molar-refractivity contribution is 5.39. The van der Waals surface area contributed by atoms with Crippen LogP contribution in [0.2, 0.25) is 0 Å². The quantitative estimate of drug-likeness (QED) is 0.643. The zero-order valence-electron chi connectivity index (χ0n) is 8.62. The highest BCUT2D eigenvalue weighted by Gasteiger charge is 2.56. The van der Waals surface area contributed by atoms with Crippen LogP contribution in [0.15, 0.2) is 18.2 Å². The van der Waals surface area contributed by atoms with Crippen LogP contribution in [0, 0.1) is 15.9 Å². The monoisotopic (exact) mass is 246 g/mol. The molecular weight excluding hydrogens is 237 g/mol. The minimum Gasteiger partial charge on any atom is -0.321 e. The van der Waals surface area contributed by atoms with Crippen molar-refractivity contribution in [2.24, 2.45) is 5.73 Å². The average molecular weight is 246 g/mol. The van der Waals surface area contributed by atoms with E-state index in [0.717, 1.165) is 12.1 Å². The van der Waals surface area contributed by atoms with Crippen LogP contribution < -0.4 is 5.73 Å². The first-order chi connectivity index (χ1) is 7.73. The van der Waals surface area contributed by atoms with E-state index in [9.17, 15) is 23.3 Å². The van der Waals surface area contributed by atoms with Gasteiger partial charge in [0.25, 0.3) is 11.6 Å². The average Bonchev–Trinajstić information content (AvgIpc) is 2.13. The van der Waals surface area contributed by atoms with Crippen molar-refractivity contribution in [1.82, 2.24) is 0 Å². The van der Waals surface area contributed by atoms with Crippen molar-refractivity contribution in [2.45, 2.75) is 24.3 Å². The van der Waals surface area contributed by atoms with E-state index in [1.807, 2.05) is 0 Å². The maximum absolute atomic E-state index is 13.5. The number of benzene rings is 1. The highest BCUT2D eigenvalue weighted by atomic mass is 19.3. The van der Waals surface area contributed by atoms with Crippen molar-refractivity contribution in [3.8, 4) is 0 Å². The first kappa shape index (κ1) is 11.8. The molecule has 1 fully saturated rings. The second-order valence-electron chi connectivity index (χ2n) is 4.29. The molecule has 2 N–H and O–H groups in total. The summed E-state index contributed by atoms with van der Waals surface area (Å²) in [6.45, 7) is 0. The van der Waals surface area contributed by atoms with Crippen molar-refractivity contribution in [2.75, 3.05) is 0 Å². The maximum atomic E-state index is 13.5. The van der Waals surface area contributed by atoms with Gasteiger partial charge in [-0.15, -0.1) is 0 Å². The van der Waals surface area contributed by atoms with Crippen molar-refractivity contribution in [3.63, 3.8) is 0 Å². The first-order valence-electron chi connectivity index (χ1n) is 4.85. The lowest BCUT2D eigenvalue weighted by Crippen LogP contribution is -2.55. The Morgan fingerprint density at radius 3 is 2.35 bits per heavy atom. The second-order valence-corrected chi connectivity index (χ2v) is 4.29. The smallest absolute Gasteiger partial charge is 0.272 e. The van der Waals surface area contributed by atoms with Crippen molar-refractivity contribution >= 4 is 5.69 Å². The lowest BCUT2D eigenvalue weighted by Gasteiger charge is -2.44. The molecule has 0 aliphatic heterocycles. The Bertz CT molecular complexity index is 482. The van der Waals surface area contributed by atoms with E-state index in [-0.39, 0.29) is 5.56 Å². The van der Waals surface area contributed by atoms with E-state index >= 15 is 0 Å². The number of hydrogen-bond acceptors (Lipinski definition) is 3. The van der Waals surface area contributed by atoms with Gasteiger partial charge in [-0.1, -0.05) is 0 Å². The molecule has 1 aliphatic rings. The van der Waals surface area contributed by atoms with E-state index in [1.165, 1.54) is 0 Å². The highest BCUT2D eigenvalue weighted by Crippen LogP contribution is 2.50. The second kappa shape index (κ2) is 3.43. The number of nitrogens with two attached hydrogens (primary N) is 1. The molecule has 0 saturated heterocycles. The Hall–Kier alpha value is -1.63. The fraction of sp³-hybridized carbons (Fsp3) is 0.400. The van der Waals surface area contributed by atoms with Gasteiger partial charge < -0.3 is 5.73 Å². The van der Waals surface area contributed by atoms with Gasteiger partial charge in [0.05, 0.1) is 16.5 Å². The molecule has 4 nitrogen and oxygen atoms in total. The van der Waals surface area contributed by atoms with Gasteiger partial charge in [0.15, 0.2) is 0 Å². The molecule has 17 heavy (non-hydrogen) atoms. The molecule has 0 unspecified atom stereocenters. The minimum absolute atomic E-state index is 0.103. The summed E-state index contributed by atoms with van der Waals surface area (Å²) < 4.78 is 39.0. The van der Waals surface area contributed by atoms with Crippen molar-refractivity contribution in [3.05, 3.63) is 39.7 Å². The molecule has 0 amide bonds. The predicted octanol–water partition coefficient (Wildman–Crippen LogP) is 2.32. The molecule has 0 bridgehead atoms. The summed E-state index contributed by atoms with van der Waals surface area (Å²) in [5.41, 5.74) is 3.68. The standard InChI is InChI=1S/C10H9F3N2O2/c11-8-3-6(15(16)17)1-2-7(8)9(14)4-10(12,13)5-9/h1-3H,4-5,14H2. The molecule has 0 spiro atoms. The number of nitro groups is 1. The Labute approximate surface area is 94.4 Å². The Morgan fingerprint density at radius 2 is 1.94 bits per heavy atom. The van der Waals surface area contributed by atoms with Crippen LogP contribution in [0.3, 0.4) is 0 Å². The molecule has 92 valence electrons. The number of nitrogens with zero attached hydrogens (tertiary/aromatic N) is 1. The predicted molar refractivity (Wildman–Crippen MR) is 53.1 cm³/mol. The van der Waals surface area contributed by atoms with Crippen molar-refractivity contribution in [1.29, 1.82) is 0 Å². The largest absolute Gasteiger partial charge is 0.321 e. The van der Waals surface area contributed by atoms with Gasteiger partial charge in [-0.3, -0.25) is 10.1 Å². The van der Waals surface area contributed by atoms with Crippen LogP contribution in [0.4, 0.5) is 18.9 Å². The summed E-state index contributed by atoms with van der Waals surface area (Å²) in [6, 6.07) is 2.85. The summed E-state index contributed by atoms with van der Waals surface area (Å²) >= 11 is 0. The van der Waals surface area contributed by atoms with Gasteiger partial charge in [0.2, 0.25) is 0 Å². The minimum atomic E-state index is -2.89. The molecule has 0 atom stereocenters. The molecule has 0 heterocycles. The van der Waals surface area contributed by atoms with Crippen LogP contribution in [0.25, 0.3) is 0 Å². The molecule has 0 radical (unpaired) electrons. The van der Waals surface area contributed by atoms with Gasteiger partial charge in [-0.05, 0) is 6.07 Å². The van der Waals surface area contributed by atoms with Crippen LogP contribution in [-0.2, 0) is 5.54 Å². The van der Waals surface area contributed by atoms with Crippen LogP contribution in [0.1, 0.15) is 18.4 Å². The van der Waals surface area contributed by atoms with Crippen molar-refractivity contribution < 1.29 is 18.1 Å². The molecule has 1 aromatic carbocycles. The van der Waals surface area contributed by atoms with Gasteiger partial charge in [0.1, 0.15) is 5.82 Å². The van der Waals surface area contributed by atoms with E-state index in [1.54, 1.807) is 0 Å². The van der Waals surface area contributed by atoms with E-state index in [2.05, 4.69) is 0 Å². The number of halogens is 3. The fourth-order valence-corrected chi connectivity index (χ4v) is 2.08. The number of hydrogen-bond donors (Lipinski definition) is 1. The molecule has 1 saturated carbocycles. The number of non-ortho nitro benzene ring substituents is 1. The maximum Gasteiger partial charge on any atom is 0.272 e. The number of rotatable bonds is 2. The third kappa shape index (κ3) is 1.97. The van der Waals surface area contributed by atoms with Crippen LogP contribution in [-0.4, -0.2) is 10.8 Å². The van der Waals surface area contributed by atoms with Gasteiger partial charge >= 0.3 is 0 Å². The zero-order valence-corrected chi connectivity index (χ0v) is 8.62. The van der Waals surface area contributed by atoms with E-state index in [4.69, 9.17) is 5.73 Å². The zero-order chi connectivity index (χ0) is 12.8. The van der Waals surface area contributed by atoms with Gasteiger partial charge in [-0.25, -0.2) is 13.2 Å². The van der Waals surface area contributed by atoms with E-state index in [0.29, 0.717) is 6.07 Å². The van der Waals surface area contributed by atoms with Gasteiger partial charge in [-0.2, -0.15) is 0 Å². The van der Waals surface area contributed by atoms with Gasteiger partial charge in [0, 0.05) is 24.5 Å². The normalized spacial score (nSPS) is 20.7. The number of nitro benzene ring substituents is 1. The lowest BCUT2D eigenvalue weighted by molar-refractivity contribution is -0.385. The topological polar surface area (TPSA) is 69.2 Å². The Morgan fingerprint density at radius 1 is 1.35 bits per heavy atom. The third-order valence-corrected chi connectivity index (χ3v) is 2.85. The fourth-order valence-electron chi connectivity index (χ4n) is 2.08. The Kier molecular flexibility index (Phi) is 2.39. The summed E-state index contributed by atoms with van der Waals surface area (Å²) in [4.78, 5) is 9.63. The molecule has 0 aromatic heterocycles.